The molecule has 2 fully saturated rings. The number of aromatic nitrogens is 1. The van der Waals surface area contributed by atoms with Crippen molar-refractivity contribution in [2.75, 3.05) is 12.3 Å². The molecule has 0 aliphatic heterocycles. The summed E-state index contributed by atoms with van der Waals surface area (Å²) in [6.45, 7) is 0.150. The first kappa shape index (κ1) is 12.5. The van der Waals surface area contributed by atoms with Crippen LogP contribution in [0, 0.1) is 5.92 Å². The van der Waals surface area contributed by atoms with Gasteiger partial charge in [0, 0.05) is 30.8 Å². The van der Waals surface area contributed by atoms with Crippen molar-refractivity contribution in [1.29, 1.82) is 0 Å². The molecular formula is C14H21N3O2. The van der Waals surface area contributed by atoms with Gasteiger partial charge in [0.05, 0.1) is 5.69 Å². The minimum absolute atomic E-state index is 0.0612. The molecule has 0 spiro atoms. The largest absolute Gasteiger partial charge is 0.397 e. The molecule has 5 nitrogen and oxygen atoms in total. The Morgan fingerprint density at radius 2 is 2.21 bits per heavy atom. The third-order valence-electron chi connectivity index (χ3n) is 4.25. The number of amides is 1. The van der Waals surface area contributed by atoms with Crippen LogP contribution in [0.25, 0.3) is 0 Å². The van der Waals surface area contributed by atoms with Crippen LogP contribution in [0.15, 0.2) is 12.3 Å². The zero-order chi connectivity index (χ0) is 13.4. The fraction of sp³-hybridized carbons (Fsp3) is 0.643. The lowest BCUT2D eigenvalue weighted by atomic mass is 10.1. The Balaban J connectivity index is 1.73. The SMILES string of the molecule is Nc1cc(C(=O)NC2CCCC2CO)n(C2CC2)c1. The predicted molar refractivity (Wildman–Crippen MR) is 72.8 cm³/mol. The predicted octanol–water partition coefficient (Wildman–Crippen LogP) is 1.30. The Hall–Kier alpha value is -1.49. The first-order valence-corrected chi connectivity index (χ1v) is 7.08. The van der Waals surface area contributed by atoms with E-state index in [4.69, 9.17) is 5.73 Å². The van der Waals surface area contributed by atoms with Crippen LogP contribution >= 0.6 is 0 Å². The number of hydrogen-bond acceptors (Lipinski definition) is 3. The van der Waals surface area contributed by atoms with Crippen molar-refractivity contribution in [2.24, 2.45) is 5.92 Å². The summed E-state index contributed by atoms with van der Waals surface area (Å²) in [5.41, 5.74) is 7.10. The maximum absolute atomic E-state index is 12.4. The molecule has 1 heterocycles. The summed E-state index contributed by atoms with van der Waals surface area (Å²) in [5.74, 6) is 0.139. The van der Waals surface area contributed by atoms with Crippen LogP contribution in [0.2, 0.25) is 0 Å². The molecule has 0 bridgehead atoms. The maximum atomic E-state index is 12.4. The van der Waals surface area contributed by atoms with Crippen molar-refractivity contribution in [3.63, 3.8) is 0 Å². The highest BCUT2D eigenvalue weighted by Crippen LogP contribution is 2.37. The third kappa shape index (κ3) is 2.47. The maximum Gasteiger partial charge on any atom is 0.268 e. The standard InChI is InChI=1S/C14H21N3O2/c15-10-6-13(17(7-10)11-4-5-11)14(19)16-12-3-1-2-9(12)8-18/h6-7,9,11-12,18H,1-5,8,15H2,(H,16,19). The van der Waals surface area contributed by atoms with Crippen molar-refractivity contribution >= 4 is 11.6 Å². The summed E-state index contributed by atoms with van der Waals surface area (Å²) in [4.78, 5) is 12.4. The normalized spacial score (nSPS) is 26.6. The minimum Gasteiger partial charge on any atom is -0.397 e. The summed E-state index contributed by atoms with van der Waals surface area (Å²) < 4.78 is 1.99. The van der Waals surface area contributed by atoms with Crippen molar-refractivity contribution in [3.8, 4) is 0 Å². The van der Waals surface area contributed by atoms with Gasteiger partial charge in [0.25, 0.3) is 5.91 Å². The first-order valence-electron chi connectivity index (χ1n) is 7.08. The molecule has 104 valence electrons. The molecule has 4 N–H and O–H groups in total. The third-order valence-corrected chi connectivity index (χ3v) is 4.25. The topological polar surface area (TPSA) is 80.3 Å². The molecule has 19 heavy (non-hydrogen) atoms. The van der Waals surface area contributed by atoms with E-state index >= 15 is 0 Å². The number of nitrogens with one attached hydrogen (secondary N) is 1. The highest BCUT2D eigenvalue weighted by molar-refractivity contribution is 5.94. The van der Waals surface area contributed by atoms with Crippen LogP contribution < -0.4 is 11.1 Å². The number of carbonyl (C=O) groups is 1. The summed E-state index contributed by atoms with van der Waals surface area (Å²) in [6, 6.07) is 2.29. The van der Waals surface area contributed by atoms with Crippen LogP contribution in [-0.4, -0.2) is 28.2 Å². The Bertz CT molecular complexity index is 479. The van der Waals surface area contributed by atoms with E-state index in [1.54, 1.807) is 6.07 Å². The number of carbonyl (C=O) groups excluding carboxylic acids is 1. The molecule has 5 heteroatoms. The molecule has 2 saturated carbocycles. The molecule has 1 aromatic heterocycles. The second kappa shape index (κ2) is 4.89. The number of hydrogen-bond donors (Lipinski definition) is 3. The quantitative estimate of drug-likeness (QED) is 0.766. The van der Waals surface area contributed by atoms with Crippen molar-refractivity contribution in [1.82, 2.24) is 9.88 Å². The fourth-order valence-electron chi connectivity index (χ4n) is 3.03. The zero-order valence-electron chi connectivity index (χ0n) is 11.0. The van der Waals surface area contributed by atoms with Crippen LogP contribution in [0.5, 0.6) is 0 Å². The number of nitrogens with zero attached hydrogens (tertiary/aromatic N) is 1. The molecule has 0 radical (unpaired) electrons. The van der Waals surface area contributed by atoms with Gasteiger partial charge in [-0.2, -0.15) is 0 Å². The number of aliphatic hydroxyl groups excluding tert-OH is 1. The molecule has 2 aliphatic rings. The molecular weight excluding hydrogens is 242 g/mol. The lowest BCUT2D eigenvalue weighted by Gasteiger charge is -2.19. The average Bonchev–Trinajstić information content (AvgIpc) is 3.02. The Kier molecular flexibility index (Phi) is 3.22. The second-order valence-electron chi connectivity index (χ2n) is 5.75. The van der Waals surface area contributed by atoms with Crippen LogP contribution in [0.3, 0.4) is 0 Å². The van der Waals surface area contributed by atoms with Gasteiger partial charge in [0.1, 0.15) is 5.69 Å². The molecule has 0 saturated heterocycles. The highest BCUT2D eigenvalue weighted by Gasteiger charge is 2.31. The van der Waals surface area contributed by atoms with Gasteiger partial charge in [-0.25, -0.2) is 0 Å². The molecule has 1 amide bonds. The van der Waals surface area contributed by atoms with E-state index < -0.39 is 0 Å². The Morgan fingerprint density at radius 3 is 2.89 bits per heavy atom. The molecule has 2 atom stereocenters. The number of aliphatic hydroxyl groups is 1. The fourth-order valence-corrected chi connectivity index (χ4v) is 3.03. The van der Waals surface area contributed by atoms with E-state index in [1.165, 1.54) is 0 Å². The van der Waals surface area contributed by atoms with Gasteiger partial charge < -0.3 is 20.7 Å². The Morgan fingerprint density at radius 1 is 1.42 bits per heavy atom. The van der Waals surface area contributed by atoms with Gasteiger partial charge in [-0.05, 0) is 31.7 Å². The zero-order valence-corrected chi connectivity index (χ0v) is 11.0. The summed E-state index contributed by atoms with van der Waals surface area (Å²) in [5, 5.41) is 12.4. The van der Waals surface area contributed by atoms with Gasteiger partial charge in [-0.15, -0.1) is 0 Å². The minimum atomic E-state index is -0.0612. The average molecular weight is 263 g/mol. The molecule has 0 aromatic carbocycles. The monoisotopic (exact) mass is 263 g/mol. The van der Waals surface area contributed by atoms with E-state index in [9.17, 15) is 9.90 Å². The lowest BCUT2D eigenvalue weighted by Crippen LogP contribution is -2.39. The van der Waals surface area contributed by atoms with Crippen LogP contribution in [0.1, 0.15) is 48.6 Å². The van der Waals surface area contributed by atoms with Crippen LogP contribution in [-0.2, 0) is 0 Å². The van der Waals surface area contributed by atoms with Crippen molar-refractivity contribution in [3.05, 3.63) is 18.0 Å². The second-order valence-corrected chi connectivity index (χ2v) is 5.75. The van der Waals surface area contributed by atoms with E-state index in [0.29, 0.717) is 17.4 Å². The highest BCUT2D eigenvalue weighted by atomic mass is 16.3. The number of nitrogens with two attached hydrogens (primary N) is 1. The number of nitrogen functional groups attached to an aromatic ring is 1. The van der Waals surface area contributed by atoms with Crippen LogP contribution in [0.4, 0.5) is 5.69 Å². The lowest BCUT2D eigenvalue weighted by molar-refractivity contribution is 0.0906. The summed E-state index contributed by atoms with van der Waals surface area (Å²) in [6.07, 6.45) is 7.12. The van der Waals surface area contributed by atoms with Gasteiger partial charge in [-0.3, -0.25) is 4.79 Å². The van der Waals surface area contributed by atoms with Crippen molar-refractivity contribution < 1.29 is 9.90 Å². The van der Waals surface area contributed by atoms with Crippen molar-refractivity contribution in [2.45, 2.75) is 44.2 Å². The first-order chi connectivity index (χ1) is 9.19. The molecule has 2 aliphatic carbocycles. The van der Waals surface area contributed by atoms with Gasteiger partial charge in [0.2, 0.25) is 0 Å². The summed E-state index contributed by atoms with van der Waals surface area (Å²) in [7, 11) is 0. The van der Waals surface area contributed by atoms with E-state index in [1.807, 2.05) is 10.8 Å². The Labute approximate surface area is 112 Å². The van der Waals surface area contributed by atoms with Gasteiger partial charge >= 0.3 is 0 Å². The van der Waals surface area contributed by atoms with E-state index in [0.717, 1.165) is 32.1 Å². The van der Waals surface area contributed by atoms with E-state index in [2.05, 4.69) is 5.32 Å². The number of rotatable bonds is 4. The number of anilines is 1. The van der Waals surface area contributed by atoms with E-state index in [-0.39, 0.29) is 24.5 Å². The van der Waals surface area contributed by atoms with Gasteiger partial charge in [0.15, 0.2) is 0 Å². The molecule has 3 rings (SSSR count). The van der Waals surface area contributed by atoms with Gasteiger partial charge in [-0.1, -0.05) is 6.42 Å². The summed E-state index contributed by atoms with van der Waals surface area (Å²) >= 11 is 0. The molecule has 2 unspecified atom stereocenters. The molecule has 1 aromatic rings. The smallest absolute Gasteiger partial charge is 0.268 e.